The van der Waals surface area contributed by atoms with Gasteiger partial charge in [-0.05, 0) is 76.0 Å². The second-order valence-electron chi connectivity index (χ2n) is 11.9. The molecular formula is C26H38O8. The van der Waals surface area contributed by atoms with Crippen molar-refractivity contribution in [3.8, 4) is 0 Å². The highest BCUT2D eigenvalue weighted by molar-refractivity contribution is 6.15. The van der Waals surface area contributed by atoms with Crippen molar-refractivity contribution in [2.45, 2.75) is 84.8 Å². The van der Waals surface area contributed by atoms with Crippen LogP contribution in [0.1, 0.15) is 73.6 Å². The molecule has 3 fully saturated rings. The molecule has 1 heterocycles. The number of ketones is 1. The fourth-order valence-corrected chi connectivity index (χ4v) is 7.90. The predicted molar refractivity (Wildman–Crippen MR) is 122 cm³/mol. The van der Waals surface area contributed by atoms with Crippen molar-refractivity contribution in [2.75, 3.05) is 7.11 Å². The maximum atomic E-state index is 13.8. The number of hydrogen-bond acceptors (Lipinski definition) is 7. The molecule has 0 aromatic carbocycles. The lowest BCUT2D eigenvalue weighted by molar-refractivity contribution is -0.225. The number of rotatable bonds is 5. The Bertz CT molecular complexity index is 947. The van der Waals surface area contributed by atoms with Crippen molar-refractivity contribution < 1.29 is 38.9 Å². The summed E-state index contributed by atoms with van der Waals surface area (Å²) in [6, 6.07) is 0. The van der Waals surface area contributed by atoms with Gasteiger partial charge in [-0.2, -0.15) is 0 Å². The molecule has 3 rings (SSSR count). The molecular weight excluding hydrogens is 440 g/mol. The Labute approximate surface area is 201 Å². The van der Waals surface area contributed by atoms with E-state index in [1.54, 1.807) is 20.8 Å². The van der Waals surface area contributed by atoms with Crippen molar-refractivity contribution in [1.29, 1.82) is 0 Å². The van der Waals surface area contributed by atoms with Gasteiger partial charge in [0.25, 0.3) is 5.60 Å². The number of ether oxygens (including phenoxy) is 2. The summed E-state index contributed by atoms with van der Waals surface area (Å²) in [6.45, 7) is 14.6. The molecule has 2 N–H and O–H groups in total. The van der Waals surface area contributed by atoms with Gasteiger partial charge in [0.1, 0.15) is 0 Å². The van der Waals surface area contributed by atoms with Gasteiger partial charge in [-0.15, -0.1) is 0 Å². The van der Waals surface area contributed by atoms with Crippen LogP contribution in [0.3, 0.4) is 0 Å². The summed E-state index contributed by atoms with van der Waals surface area (Å²) in [5, 5.41) is 20.5. The lowest BCUT2D eigenvalue weighted by Crippen LogP contribution is -2.71. The van der Waals surface area contributed by atoms with Crippen LogP contribution in [-0.2, 0) is 28.7 Å². The molecule has 0 bridgehead atoms. The number of Topliss-reactive ketones (excluding diaryl/α,β-unsaturated/α-hetero) is 1. The van der Waals surface area contributed by atoms with E-state index in [9.17, 15) is 29.4 Å². The van der Waals surface area contributed by atoms with Gasteiger partial charge in [0, 0.05) is 6.42 Å². The SMILES string of the molecule is C=C1C[C@H]2[C@](C)(CCC(=O)O)[C@H](C(C)(C)O)CC[C@]2(C)[C@H]2C(=O)O[C@@](C)(C(=O)OC)C(=O)[C@]12C. The van der Waals surface area contributed by atoms with Gasteiger partial charge in [-0.3, -0.25) is 14.4 Å². The zero-order valence-electron chi connectivity index (χ0n) is 21.3. The van der Waals surface area contributed by atoms with Crippen molar-refractivity contribution in [1.82, 2.24) is 0 Å². The highest BCUT2D eigenvalue weighted by atomic mass is 16.6. The number of aliphatic carboxylic acids is 1. The van der Waals surface area contributed by atoms with E-state index >= 15 is 0 Å². The second kappa shape index (κ2) is 7.90. The summed E-state index contributed by atoms with van der Waals surface area (Å²) in [7, 11) is 1.14. The molecule has 1 aliphatic heterocycles. The molecule has 0 unspecified atom stereocenters. The molecule has 1 saturated heterocycles. The molecule has 8 nitrogen and oxygen atoms in total. The van der Waals surface area contributed by atoms with Crippen molar-refractivity contribution in [2.24, 2.45) is 34.0 Å². The number of aliphatic hydroxyl groups is 1. The van der Waals surface area contributed by atoms with Crippen LogP contribution in [-0.4, -0.2) is 52.2 Å². The highest BCUT2D eigenvalue weighted by Gasteiger charge is 2.73. The number of carbonyl (C=O) groups excluding carboxylic acids is 3. The van der Waals surface area contributed by atoms with Gasteiger partial charge < -0.3 is 19.7 Å². The number of carboxylic acids is 1. The lowest BCUT2D eigenvalue weighted by Gasteiger charge is -2.66. The first-order chi connectivity index (χ1) is 15.4. The minimum atomic E-state index is -2.06. The van der Waals surface area contributed by atoms with Crippen LogP contribution >= 0.6 is 0 Å². The van der Waals surface area contributed by atoms with Crippen LogP contribution in [0.2, 0.25) is 0 Å². The predicted octanol–water partition coefficient (Wildman–Crippen LogP) is 3.30. The number of hydrogen-bond donors (Lipinski definition) is 2. The summed E-state index contributed by atoms with van der Waals surface area (Å²) >= 11 is 0. The van der Waals surface area contributed by atoms with Crippen LogP contribution in [0.5, 0.6) is 0 Å². The number of fused-ring (bicyclic) bond motifs is 3. The Morgan fingerprint density at radius 3 is 2.29 bits per heavy atom. The van der Waals surface area contributed by atoms with Gasteiger partial charge in [0.2, 0.25) is 0 Å². The summed E-state index contributed by atoms with van der Waals surface area (Å²) in [6.07, 6.45) is 1.72. The Morgan fingerprint density at radius 2 is 1.79 bits per heavy atom. The third-order valence-electron chi connectivity index (χ3n) is 9.53. The number of methoxy groups -OCH3 is 1. The first-order valence-electron chi connectivity index (χ1n) is 11.9. The van der Waals surface area contributed by atoms with Crippen molar-refractivity contribution in [3.05, 3.63) is 12.2 Å². The number of cyclic esters (lactones) is 1. The lowest BCUT2D eigenvalue weighted by atomic mass is 9.37. The first-order valence-corrected chi connectivity index (χ1v) is 11.9. The monoisotopic (exact) mass is 478 g/mol. The molecule has 0 aromatic rings. The van der Waals surface area contributed by atoms with E-state index in [1.165, 1.54) is 6.92 Å². The smallest absolute Gasteiger partial charge is 0.358 e. The molecule has 34 heavy (non-hydrogen) atoms. The molecule has 0 spiro atoms. The number of carbonyl (C=O) groups is 4. The van der Waals surface area contributed by atoms with E-state index in [4.69, 9.17) is 9.47 Å². The van der Waals surface area contributed by atoms with Gasteiger partial charge in [-0.25, -0.2) is 4.79 Å². The fourth-order valence-electron chi connectivity index (χ4n) is 7.90. The maximum absolute atomic E-state index is 13.8. The van der Waals surface area contributed by atoms with E-state index < -0.39 is 57.1 Å². The minimum absolute atomic E-state index is 0.0755. The Kier molecular flexibility index (Phi) is 6.13. The first kappa shape index (κ1) is 26.4. The van der Waals surface area contributed by atoms with Crippen LogP contribution < -0.4 is 0 Å². The molecule has 8 heteroatoms. The van der Waals surface area contributed by atoms with Gasteiger partial charge in [0.05, 0.1) is 24.0 Å². The minimum Gasteiger partial charge on any atom is -0.481 e. The maximum Gasteiger partial charge on any atom is 0.358 e. The average molecular weight is 479 g/mol. The molecule has 7 atom stereocenters. The molecule has 190 valence electrons. The quantitative estimate of drug-likeness (QED) is 0.350. The zero-order chi connectivity index (χ0) is 26.1. The van der Waals surface area contributed by atoms with Gasteiger partial charge >= 0.3 is 17.9 Å². The molecule has 0 aromatic heterocycles. The molecule has 2 aliphatic carbocycles. The molecule has 0 amide bonds. The summed E-state index contributed by atoms with van der Waals surface area (Å²) in [4.78, 5) is 51.5. The molecule has 3 aliphatic rings. The largest absolute Gasteiger partial charge is 0.481 e. The Balaban J connectivity index is 2.17. The van der Waals surface area contributed by atoms with E-state index in [1.807, 2.05) is 13.8 Å². The second-order valence-corrected chi connectivity index (χ2v) is 11.9. The average Bonchev–Trinajstić information content (AvgIpc) is 2.71. The topological polar surface area (TPSA) is 127 Å². The third-order valence-corrected chi connectivity index (χ3v) is 9.53. The number of carboxylic acid groups (broad SMARTS) is 1. The van der Waals surface area contributed by atoms with Crippen molar-refractivity contribution >= 4 is 23.7 Å². The van der Waals surface area contributed by atoms with Crippen LogP contribution in [0.25, 0.3) is 0 Å². The Hall–Kier alpha value is -2.22. The van der Waals surface area contributed by atoms with Gasteiger partial charge in [0.15, 0.2) is 5.78 Å². The fraction of sp³-hybridized carbons (Fsp3) is 0.769. The number of esters is 2. The van der Waals surface area contributed by atoms with Crippen LogP contribution in [0.4, 0.5) is 0 Å². The van der Waals surface area contributed by atoms with Crippen LogP contribution in [0, 0.1) is 34.0 Å². The standard InChI is InChI=1S/C26H38O8/c1-14-13-16-23(4,12-10-17(27)28)15(22(2,3)32)9-11-24(16,5)18-19(29)34-26(7,21(31)33-8)20(30)25(14,18)6/h15-16,18,32H,1,9-13H2,2-8H3,(H,27,28)/t15-,16-,18+,23+,24-,25+,26+/m0/s1. The molecule has 0 radical (unpaired) electrons. The van der Waals surface area contributed by atoms with Crippen molar-refractivity contribution in [3.63, 3.8) is 0 Å². The highest BCUT2D eigenvalue weighted by Crippen LogP contribution is 2.70. The van der Waals surface area contributed by atoms with Gasteiger partial charge in [-0.1, -0.05) is 26.0 Å². The molecule has 2 saturated carbocycles. The van der Waals surface area contributed by atoms with E-state index in [0.29, 0.717) is 31.3 Å². The number of allylic oxidation sites excluding steroid dienone is 1. The Morgan fingerprint density at radius 1 is 1.21 bits per heavy atom. The van der Waals surface area contributed by atoms with E-state index in [-0.39, 0.29) is 18.3 Å². The zero-order valence-corrected chi connectivity index (χ0v) is 21.3. The van der Waals surface area contributed by atoms with E-state index in [2.05, 4.69) is 6.58 Å². The summed E-state index contributed by atoms with van der Waals surface area (Å²) < 4.78 is 10.3. The third kappa shape index (κ3) is 3.43. The summed E-state index contributed by atoms with van der Waals surface area (Å²) in [5.41, 5.74) is -5.30. The van der Waals surface area contributed by atoms with E-state index in [0.717, 1.165) is 7.11 Å². The normalized spacial score (nSPS) is 42.4. The van der Waals surface area contributed by atoms with Crippen LogP contribution in [0.15, 0.2) is 12.2 Å². The summed E-state index contributed by atoms with van der Waals surface area (Å²) in [5.74, 6) is -4.37.